The number of hydrogen-bond donors (Lipinski definition) is 0. The molecule has 0 heterocycles. The number of hydrogen-bond acceptors (Lipinski definition) is 0. The molecule has 0 heteroatoms. The van der Waals surface area contributed by atoms with E-state index in [1.807, 2.05) is 0 Å². The Hall–Kier alpha value is -0.780. The molecule has 1 aromatic carbocycles. The van der Waals surface area contributed by atoms with Crippen molar-refractivity contribution in [2.45, 2.75) is 46.0 Å². The van der Waals surface area contributed by atoms with Gasteiger partial charge >= 0.3 is 0 Å². The molecular formula is C16H24. The van der Waals surface area contributed by atoms with Gasteiger partial charge in [-0.05, 0) is 42.6 Å². The molecule has 0 nitrogen and oxygen atoms in total. The molecule has 0 spiro atoms. The van der Waals surface area contributed by atoms with Gasteiger partial charge in [0.2, 0.25) is 0 Å². The molecule has 2 atom stereocenters. The van der Waals surface area contributed by atoms with Gasteiger partial charge in [-0.25, -0.2) is 0 Å². The molecule has 1 fully saturated rings. The van der Waals surface area contributed by atoms with Crippen molar-refractivity contribution in [1.82, 2.24) is 0 Å². The Morgan fingerprint density at radius 2 is 1.75 bits per heavy atom. The van der Waals surface area contributed by atoms with Crippen molar-refractivity contribution < 1.29 is 0 Å². The Kier molecular flexibility index (Phi) is 4.04. The van der Waals surface area contributed by atoms with E-state index < -0.39 is 0 Å². The van der Waals surface area contributed by atoms with Crippen LogP contribution in [0.2, 0.25) is 0 Å². The molecule has 88 valence electrons. The normalized spacial score (nSPS) is 25.9. The number of benzene rings is 1. The summed E-state index contributed by atoms with van der Waals surface area (Å²) in [7, 11) is 0. The molecular weight excluding hydrogens is 192 g/mol. The lowest BCUT2D eigenvalue weighted by molar-refractivity contribution is 0.179. The van der Waals surface area contributed by atoms with Gasteiger partial charge < -0.3 is 0 Å². The summed E-state index contributed by atoms with van der Waals surface area (Å²) in [5.74, 6) is 2.74. The first-order valence-corrected chi connectivity index (χ1v) is 6.81. The van der Waals surface area contributed by atoms with Crippen LogP contribution < -0.4 is 0 Å². The maximum absolute atomic E-state index is 2.40. The summed E-state index contributed by atoms with van der Waals surface area (Å²) in [6.07, 6.45) is 7.09. The van der Waals surface area contributed by atoms with Gasteiger partial charge in [0, 0.05) is 0 Å². The topological polar surface area (TPSA) is 0 Å². The van der Waals surface area contributed by atoms with Crippen LogP contribution in [0, 0.1) is 17.8 Å². The highest BCUT2D eigenvalue weighted by atomic mass is 14.3. The molecule has 16 heavy (non-hydrogen) atoms. The summed E-state index contributed by atoms with van der Waals surface area (Å²) >= 11 is 0. The first-order valence-electron chi connectivity index (χ1n) is 6.81. The third kappa shape index (κ3) is 2.87. The van der Waals surface area contributed by atoms with E-state index in [0.29, 0.717) is 0 Å². The molecule has 1 saturated carbocycles. The fraction of sp³-hybridized carbons (Fsp3) is 0.625. The standard InChI is InChI=1S/C16H24/c1-13(2)16-11-7-6-10-15(16)12-14-8-4-3-5-9-14/h3-5,8-9,13,15-16H,6-7,10-12H2,1-2H3. The minimum absolute atomic E-state index is 0.856. The monoisotopic (exact) mass is 216 g/mol. The summed E-state index contributed by atoms with van der Waals surface area (Å²) in [5, 5.41) is 0. The number of rotatable bonds is 3. The maximum atomic E-state index is 2.40. The van der Waals surface area contributed by atoms with Crippen LogP contribution in [-0.4, -0.2) is 0 Å². The summed E-state index contributed by atoms with van der Waals surface area (Å²) in [6, 6.07) is 11.0. The maximum Gasteiger partial charge on any atom is -0.0248 e. The third-order valence-corrected chi connectivity index (χ3v) is 4.16. The quantitative estimate of drug-likeness (QED) is 0.687. The second kappa shape index (κ2) is 5.52. The van der Waals surface area contributed by atoms with Crippen molar-refractivity contribution in [3.63, 3.8) is 0 Å². The first-order chi connectivity index (χ1) is 7.77. The lowest BCUT2D eigenvalue weighted by Crippen LogP contribution is -2.25. The van der Waals surface area contributed by atoms with Crippen molar-refractivity contribution in [2.24, 2.45) is 17.8 Å². The van der Waals surface area contributed by atoms with E-state index in [2.05, 4.69) is 44.2 Å². The molecule has 0 aromatic heterocycles. The Labute approximate surface area is 100 Å². The van der Waals surface area contributed by atoms with E-state index in [1.165, 1.54) is 37.7 Å². The molecule has 2 rings (SSSR count). The Balaban J connectivity index is 2.01. The van der Waals surface area contributed by atoms with E-state index in [-0.39, 0.29) is 0 Å². The molecule has 0 amide bonds. The minimum atomic E-state index is 0.856. The van der Waals surface area contributed by atoms with Crippen LogP contribution >= 0.6 is 0 Å². The second-order valence-electron chi connectivity index (χ2n) is 5.64. The van der Waals surface area contributed by atoms with Crippen molar-refractivity contribution in [2.75, 3.05) is 0 Å². The van der Waals surface area contributed by atoms with Gasteiger partial charge in [-0.2, -0.15) is 0 Å². The first kappa shape index (κ1) is 11.7. The van der Waals surface area contributed by atoms with Gasteiger partial charge in [-0.15, -0.1) is 0 Å². The zero-order valence-electron chi connectivity index (χ0n) is 10.7. The Bertz CT molecular complexity index is 299. The summed E-state index contributed by atoms with van der Waals surface area (Å²) in [5.41, 5.74) is 1.53. The summed E-state index contributed by atoms with van der Waals surface area (Å²) in [4.78, 5) is 0. The lowest BCUT2D eigenvalue weighted by atomic mass is 9.71. The van der Waals surface area contributed by atoms with Gasteiger partial charge in [0.15, 0.2) is 0 Å². The van der Waals surface area contributed by atoms with E-state index in [4.69, 9.17) is 0 Å². The fourth-order valence-electron chi connectivity index (χ4n) is 3.28. The predicted octanol–water partition coefficient (Wildman–Crippen LogP) is 4.69. The van der Waals surface area contributed by atoms with Gasteiger partial charge in [-0.1, -0.05) is 57.0 Å². The second-order valence-corrected chi connectivity index (χ2v) is 5.64. The van der Waals surface area contributed by atoms with Gasteiger partial charge in [0.05, 0.1) is 0 Å². The van der Waals surface area contributed by atoms with Crippen molar-refractivity contribution in [1.29, 1.82) is 0 Å². The predicted molar refractivity (Wildman–Crippen MR) is 70.4 cm³/mol. The smallest absolute Gasteiger partial charge is 0.0248 e. The zero-order valence-corrected chi connectivity index (χ0v) is 10.7. The highest BCUT2D eigenvalue weighted by molar-refractivity contribution is 5.15. The highest BCUT2D eigenvalue weighted by Crippen LogP contribution is 2.36. The van der Waals surface area contributed by atoms with Crippen LogP contribution in [0.25, 0.3) is 0 Å². The zero-order chi connectivity index (χ0) is 11.4. The summed E-state index contributed by atoms with van der Waals surface area (Å²) in [6.45, 7) is 4.79. The van der Waals surface area contributed by atoms with Gasteiger partial charge in [0.1, 0.15) is 0 Å². The SMILES string of the molecule is CC(C)C1CCCCC1Cc1ccccc1. The molecule has 1 aromatic rings. The molecule has 0 bridgehead atoms. The van der Waals surface area contributed by atoms with Crippen LogP contribution in [0.3, 0.4) is 0 Å². The van der Waals surface area contributed by atoms with Crippen molar-refractivity contribution >= 4 is 0 Å². The van der Waals surface area contributed by atoms with Crippen LogP contribution in [0.4, 0.5) is 0 Å². The molecule has 1 aliphatic carbocycles. The minimum Gasteiger partial charge on any atom is -0.0625 e. The van der Waals surface area contributed by atoms with Crippen molar-refractivity contribution in [3.8, 4) is 0 Å². The Morgan fingerprint density at radius 1 is 1.06 bits per heavy atom. The average Bonchev–Trinajstić information content (AvgIpc) is 2.31. The van der Waals surface area contributed by atoms with Crippen LogP contribution in [-0.2, 0) is 6.42 Å². The van der Waals surface area contributed by atoms with E-state index in [9.17, 15) is 0 Å². The van der Waals surface area contributed by atoms with E-state index >= 15 is 0 Å². The molecule has 0 radical (unpaired) electrons. The largest absolute Gasteiger partial charge is 0.0625 e. The summed E-state index contributed by atoms with van der Waals surface area (Å²) < 4.78 is 0. The van der Waals surface area contributed by atoms with Crippen molar-refractivity contribution in [3.05, 3.63) is 35.9 Å². The van der Waals surface area contributed by atoms with Crippen LogP contribution in [0.15, 0.2) is 30.3 Å². The van der Waals surface area contributed by atoms with Gasteiger partial charge in [-0.3, -0.25) is 0 Å². The molecule has 0 aliphatic heterocycles. The molecule has 0 saturated heterocycles. The molecule has 2 unspecified atom stereocenters. The highest BCUT2D eigenvalue weighted by Gasteiger charge is 2.27. The third-order valence-electron chi connectivity index (χ3n) is 4.16. The van der Waals surface area contributed by atoms with Crippen LogP contribution in [0.5, 0.6) is 0 Å². The molecule has 1 aliphatic rings. The average molecular weight is 216 g/mol. The molecule has 0 N–H and O–H groups in total. The van der Waals surface area contributed by atoms with E-state index in [1.54, 1.807) is 0 Å². The lowest BCUT2D eigenvalue weighted by Gasteiger charge is -2.34. The fourth-order valence-corrected chi connectivity index (χ4v) is 3.28. The van der Waals surface area contributed by atoms with E-state index in [0.717, 1.165) is 17.8 Å². The Morgan fingerprint density at radius 3 is 2.44 bits per heavy atom. The van der Waals surface area contributed by atoms with Crippen LogP contribution in [0.1, 0.15) is 45.1 Å². The van der Waals surface area contributed by atoms with Gasteiger partial charge in [0.25, 0.3) is 0 Å².